The van der Waals surface area contributed by atoms with Gasteiger partial charge in [-0.1, -0.05) is 6.07 Å². The highest BCUT2D eigenvalue weighted by Gasteiger charge is 2.48. The van der Waals surface area contributed by atoms with Crippen LogP contribution in [0.3, 0.4) is 0 Å². The Morgan fingerprint density at radius 3 is 2.74 bits per heavy atom. The molecule has 1 amide bonds. The van der Waals surface area contributed by atoms with E-state index in [1.807, 2.05) is 18.2 Å². The molecule has 4 atom stereocenters. The van der Waals surface area contributed by atoms with E-state index in [1.54, 1.807) is 0 Å². The van der Waals surface area contributed by atoms with Gasteiger partial charge in [0.1, 0.15) is 13.2 Å². The van der Waals surface area contributed by atoms with E-state index in [0.717, 1.165) is 29.9 Å². The molecule has 4 rings (SSSR count). The third kappa shape index (κ3) is 2.78. The molecule has 0 aromatic heterocycles. The molecular formula is C18H24N2O3. The molecule has 1 heterocycles. The zero-order valence-corrected chi connectivity index (χ0v) is 13.3. The molecule has 4 unspecified atom stereocenters. The van der Waals surface area contributed by atoms with E-state index in [-0.39, 0.29) is 17.9 Å². The van der Waals surface area contributed by atoms with Gasteiger partial charge in [0.05, 0.1) is 5.92 Å². The molecule has 2 bridgehead atoms. The van der Waals surface area contributed by atoms with Crippen LogP contribution in [0.2, 0.25) is 0 Å². The monoisotopic (exact) mass is 316 g/mol. The second kappa shape index (κ2) is 6.04. The number of hydrogen-bond acceptors (Lipinski definition) is 4. The van der Waals surface area contributed by atoms with Gasteiger partial charge in [0, 0.05) is 12.6 Å². The third-order valence-electron chi connectivity index (χ3n) is 5.60. The lowest BCUT2D eigenvalue weighted by Gasteiger charge is -2.27. The molecule has 124 valence electrons. The van der Waals surface area contributed by atoms with Gasteiger partial charge in [-0.05, 0) is 55.2 Å². The van der Waals surface area contributed by atoms with Crippen molar-refractivity contribution < 1.29 is 14.3 Å². The summed E-state index contributed by atoms with van der Waals surface area (Å²) in [7, 11) is 0. The highest BCUT2D eigenvalue weighted by Crippen LogP contribution is 2.47. The summed E-state index contributed by atoms with van der Waals surface area (Å²) in [6.45, 7) is 1.83. The number of amides is 1. The van der Waals surface area contributed by atoms with Crippen molar-refractivity contribution in [2.45, 2.75) is 31.7 Å². The van der Waals surface area contributed by atoms with Crippen LogP contribution in [0.25, 0.3) is 0 Å². The minimum absolute atomic E-state index is 0.0222. The van der Waals surface area contributed by atoms with Crippen molar-refractivity contribution in [1.82, 2.24) is 5.32 Å². The Kier molecular flexibility index (Phi) is 3.89. The fourth-order valence-corrected chi connectivity index (χ4v) is 4.42. The number of nitrogens with one attached hydrogen (secondary N) is 1. The van der Waals surface area contributed by atoms with Gasteiger partial charge in [0.25, 0.3) is 0 Å². The molecule has 0 spiro atoms. The van der Waals surface area contributed by atoms with Crippen molar-refractivity contribution >= 4 is 5.91 Å². The Bertz CT molecular complexity index is 602. The Morgan fingerprint density at radius 2 is 1.96 bits per heavy atom. The molecule has 1 aromatic carbocycles. The lowest BCUT2D eigenvalue weighted by molar-refractivity contribution is -0.127. The van der Waals surface area contributed by atoms with Crippen LogP contribution in [0.1, 0.15) is 24.8 Å². The van der Waals surface area contributed by atoms with Crippen LogP contribution < -0.4 is 20.5 Å². The van der Waals surface area contributed by atoms with Crippen LogP contribution in [0.15, 0.2) is 18.2 Å². The molecule has 0 radical (unpaired) electrons. The summed E-state index contributed by atoms with van der Waals surface area (Å²) in [5, 5.41) is 3.08. The highest BCUT2D eigenvalue weighted by atomic mass is 16.6. The SMILES string of the molecule is NC1C2CCC(C2)C1C(=O)NCCc1ccc2c(c1)OCCO2. The molecule has 2 fully saturated rings. The maximum Gasteiger partial charge on any atom is 0.224 e. The fraction of sp³-hybridized carbons (Fsp3) is 0.611. The number of fused-ring (bicyclic) bond motifs is 3. The van der Waals surface area contributed by atoms with Gasteiger partial charge < -0.3 is 20.5 Å². The first-order valence-electron chi connectivity index (χ1n) is 8.64. The predicted molar refractivity (Wildman–Crippen MR) is 86.4 cm³/mol. The lowest BCUT2D eigenvalue weighted by atomic mass is 9.84. The zero-order valence-electron chi connectivity index (χ0n) is 13.3. The summed E-state index contributed by atoms with van der Waals surface area (Å²) in [6, 6.07) is 6.03. The van der Waals surface area contributed by atoms with Crippen molar-refractivity contribution in [2.24, 2.45) is 23.5 Å². The average Bonchev–Trinajstić information content (AvgIpc) is 3.15. The summed E-state index contributed by atoms with van der Waals surface area (Å²) in [4.78, 5) is 12.4. The second-order valence-electron chi connectivity index (χ2n) is 6.96. The van der Waals surface area contributed by atoms with Crippen molar-refractivity contribution in [3.8, 4) is 11.5 Å². The normalized spacial score (nSPS) is 31.2. The number of hydrogen-bond donors (Lipinski definition) is 2. The highest BCUT2D eigenvalue weighted by molar-refractivity contribution is 5.80. The Labute approximate surface area is 136 Å². The zero-order chi connectivity index (χ0) is 15.8. The molecule has 2 aliphatic carbocycles. The summed E-state index contributed by atoms with van der Waals surface area (Å²) in [6.07, 6.45) is 4.30. The maximum absolute atomic E-state index is 12.4. The molecule has 3 aliphatic rings. The molecule has 23 heavy (non-hydrogen) atoms. The van der Waals surface area contributed by atoms with Gasteiger partial charge in [0.15, 0.2) is 11.5 Å². The molecule has 0 saturated heterocycles. The van der Waals surface area contributed by atoms with E-state index in [0.29, 0.717) is 31.6 Å². The smallest absolute Gasteiger partial charge is 0.224 e. The molecule has 1 aromatic rings. The van der Waals surface area contributed by atoms with Crippen molar-refractivity contribution in [2.75, 3.05) is 19.8 Å². The quantitative estimate of drug-likeness (QED) is 0.883. The maximum atomic E-state index is 12.4. The predicted octanol–water partition coefficient (Wildman–Crippen LogP) is 1.49. The summed E-state index contributed by atoms with van der Waals surface area (Å²) >= 11 is 0. The summed E-state index contributed by atoms with van der Waals surface area (Å²) < 4.78 is 11.1. The molecule has 1 aliphatic heterocycles. The van der Waals surface area contributed by atoms with Gasteiger partial charge in [-0.25, -0.2) is 0 Å². The van der Waals surface area contributed by atoms with Crippen LogP contribution in [0, 0.1) is 17.8 Å². The minimum Gasteiger partial charge on any atom is -0.486 e. The van der Waals surface area contributed by atoms with Crippen LogP contribution in [-0.4, -0.2) is 31.7 Å². The van der Waals surface area contributed by atoms with Gasteiger partial charge in [-0.15, -0.1) is 0 Å². The molecule has 5 heteroatoms. The fourth-order valence-electron chi connectivity index (χ4n) is 4.42. The van der Waals surface area contributed by atoms with Crippen LogP contribution >= 0.6 is 0 Å². The minimum atomic E-state index is 0.0222. The number of carbonyl (C=O) groups excluding carboxylic acids is 1. The van der Waals surface area contributed by atoms with Crippen LogP contribution in [0.5, 0.6) is 11.5 Å². The number of nitrogens with two attached hydrogens (primary N) is 1. The topological polar surface area (TPSA) is 73.6 Å². The largest absolute Gasteiger partial charge is 0.486 e. The van der Waals surface area contributed by atoms with E-state index in [4.69, 9.17) is 15.2 Å². The second-order valence-corrected chi connectivity index (χ2v) is 6.96. The van der Waals surface area contributed by atoms with Crippen molar-refractivity contribution in [1.29, 1.82) is 0 Å². The van der Waals surface area contributed by atoms with E-state index in [2.05, 4.69) is 5.32 Å². The van der Waals surface area contributed by atoms with E-state index in [9.17, 15) is 4.79 Å². The van der Waals surface area contributed by atoms with Crippen molar-refractivity contribution in [3.63, 3.8) is 0 Å². The van der Waals surface area contributed by atoms with Crippen LogP contribution in [0.4, 0.5) is 0 Å². The molecular weight excluding hydrogens is 292 g/mol. The Hall–Kier alpha value is -1.75. The van der Waals surface area contributed by atoms with E-state index >= 15 is 0 Å². The van der Waals surface area contributed by atoms with E-state index < -0.39 is 0 Å². The first-order chi connectivity index (χ1) is 11.2. The summed E-state index contributed by atoms with van der Waals surface area (Å²) in [5.74, 6) is 2.83. The first kappa shape index (κ1) is 14.8. The Morgan fingerprint density at radius 1 is 1.17 bits per heavy atom. The van der Waals surface area contributed by atoms with Gasteiger partial charge in [-0.3, -0.25) is 4.79 Å². The summed E-state index contributed by atoms with van der Waals surface area (Å²) in [5.41, 5.74) is 7.38. The molecule has 5 nitrogen and oxygen atoms in total. The number of ether oxygens (including phenoxy) is 2. The number of rotatable bonds is 4. The lowest BCUT2D eigenvalue weighted by Crippen LogP contribution is -2.45. The molecule has 2 saturated carbocycles. The Balaban J connectivity index is 1.31. The molecule has 3 N–H and O–H groups in total. The average molecular weight is 316 g/mol. The first-order valence-corrected chi connectivity index (χ1v) is 8.64. The van der Waals surface area contributed by atoms with Gasteiger partial charge in [-0.2, -0.15) is 0 Å². The van der Waals surface area contributed by atoms with Crippen LogP contribution in [-0.2, 0) is 11.2 Å². The number of carbonyl (C=O) groups is 1. The third-order valence-corrected chi connectivity index (χ3v) is 5.60. The van der Waals surface area contributed by atoms with Gasteiger partial charge >= 0.3 is 0 Å². The van der Waals surface area contributed by atoms with Crippen molar-refractivity contribution in [3.05, 3.63) is 23.8 Å². The standard InChI is InChI=1S/C18H24N2O3/c19-17-13-3-2-12(10-13)16(17)18(21)20-6-5-11-1-4-14-15(9-11)23-8-7-22-14/h1,4,9,12-13,16-17H,2-3,5-8,10,19H2,(H,20,21). The van der Waals surface area contributed by atoms with E-state index in [1.165, 1.54) is 12.8 Å². The van der Waals surface area contributed by atoms with Gasteiger partial charge in [0.2, 0.25) is 5.91 Å². The number of benzene rings is 1.